The molecule has 0 spiro atoms. The Morgan fingerprint density at radius 1 is 1.12 bits per heavy atom. The van der Waals surface area contributed by atoms with Crippen molar-refractivity contribution in [1.29, 1.82) is 0 Å². The van der Waals surface area contributed by atoms with Gasteiger partial charge in [-0.1, -0.05) is 0 Å². The molecule has 1 N–H and O–H groups in total. The van der Waals surface area contributed by atoms with Crippen LogP contribution in [0.2, 0.25) is 0 Å². The monoisotopic (exact) mass is 444 g/mol. The van der Waals surface area contributed by atoms with Crippen molar-refractivity contribution in [2.75, 3.05) is 46.9 Å². The number of rotatable bonds is 6. The summed E-state index contributed by atoms with van der Waals surface area (Å²) in [5.74, 6) is 2.67. The molecule has 3 fully saturated rings. The Morgan fingerprint density at radius 2 is 1.88 bits per heavy atom. The highest BCUT2D eigenvalue weighted by atomic mass is 16.5. The lowest BCUT2D eigenvalue weighted by Gasteiger charge is -2.37. The molecule has 1 atom stereocenters. The van der Waals surface area contributed by atoms with Crippen LogP contribution in [0.15, 0.2) is 23.2 Å². The van der Waals surface area contributed by atoms with Gasteiger partial charge in [0.05, 0.1) is 13.2 Å². The lowest BCUT2D eigenvalue weighted by Crippen LogP contribution is -2.55. The molecule has 8 heteroatoms. The highest BCUT2D eigenvalue weighted by molar-refractivity contribution is 5.82. The molecule has 1 aliphatic carbocycles. The average Bonchev–Trinajstić information content (AvgIpc) is 3.55. The molecule has 0 bridgehead atoms. The number of guanidine groups is 1. The second-order valence-corrected chi connectivity index (χ2v) is 8.71. The van der Waals surface area contributed by atoms with Gasteiger partial charge in [0.2, 0.25) is 0 Å². The number of methoxy groups -OCH3 is 1. The number of nitrogens with one attached hydrogen (secondary N) is 1. The van der Waals surface area contributed by atoms with Gasteiger partial charge < -0.3 is 29.3 Å². The van der Waals surface area contributed by atoms with Crippen LogP contribution in [-0.2, 0) is 16.1 Å². The normalized spacial score (nSPS) is 22.3. The number of hydrogen-bond donors (Lipinski definition) is 1. The minimum atomic E-state index is -0.243. The van der Waals surface area contributed by atoms with Crippen molar-refractivity contribution >= 4 is 11.9 Å². The quantitative estimate of drug-likeness (QED) is 0.537. The molecule has 32 heavy (non-hydrogen) atoms. The SMILES string of the molecule is CN=C(NCc1ccc(OC)cc1OC1CCCC1)N1CCN(C(=O)C2CCCO2)CC1. The number of amides is 1. The maximum atomic E-state index is 12.6. The molecule has 1 amide bonds. The summed E-state index contributed by atoms with van der Waals surface area (Å²) in [7, 11) is 3.48. The van der Waals surface area contributed by atoms with E-state index in [4.69, 9.17) is 14.2 Å². The Morgan fingerprint density at radius 3 is 2.53 bits per heavy atom. The van der Waals surface area contributed by atoms with Gasteiger partial charge in [0.1, 0.15) is 17.6 Å². The summed E-state index contributed by atoms with van der Waals surface area (Å²) in [4.78, 5) is 21.2. The van der Waals surface area contributed by atoms with Crippen LogP contribution >= 0.6 is 0 Å². The molecular formula is C24H36N4O4. The third-order valence-electron chi connectivity index (χ3n) is 6.61. The highest BCUT2D eigenvalue weighted by Gasteiger charge is 2.31. The summed E-state index contributed by atoms with van der Waals surface area (Å²) in [5, 5.41) is 3.48. The van der Waals surface area contributed by atoms with Crippen molar-refractivity contribution < 1.29 is 19.0 Å². The molecule has 176 valence electrons. The average molecular weight is 445 g/mol. The number of piperazine rings is 1. The maximum absolute atomic E-state index is 12.6. The van der Waals surface area contributed by atoms with Crippen molar-refractivity contribution in [2.24, 2.45) is 4.99 Å². The Balaban J connectivity index is 1.33. The van der Waals surface area contributed by atoms with Crippen LogP contribution in [0.4, 0.5) is 0 Å². The van der Waals surface area contributed by atoms with E-state index in [1.165, 1.54) is 12.8 Å². The van der Waals surface area contributed by atoms with Gasteiger partial charge in [0, 0.05) is 58.0 Å². The first-order chi connectivity index (χ1) is 15.7. The van der Waals surface area contributed by atoms with Crippen LogP contribution in [0, 0.1) is 0 Å². The van der Waals surface area contributed by atoms with Gasteiger partial charge >= 0.3 is 0 Å². The largest absolute Gasteiger partial charge is 0.497 e. The maximum Gasteiger partial charge on any atom is 0.251 e. The third kappa shape index (κ3) is 5.46. The van der Waals surface area contributed by atoms with E-state index in [-0.39, 0.29) is 18.1 Å². The third-order valence-corrected chi connectivity index (χ3v) is 6.61. The van der Waals surface area contributed by atoms with E-state index in [1.807, 2.05) is 17.0 Å². The Labute approximate surface area is 190 Å². The van der Waals surface area contributed by atoms with Crippen molar-refractivity contribution in [1.82, 2.24) is 15.1 Å². The molecule has 1 aromatic rings. The number of ether oxygens (including phenoxy) is 3. The number of carbonyl (C=O) groups is 1. The van der Waals surface area contributed by atoms with Crippen molar-refractivity contribution in [3.05, 3.63) is 23.8 Å². The first-order valence-corrected chi connectivity index (χ1v) is 11.9. The van der Waals surface area contributed by atoms with E-state index in [1.54, 1.807) is 14.2 Å². The summed E-state index contributed by atoms with van der Waals surface area (Å²) < 4.78 is 17.3. The molecule has 2 heterocycles. The second kappa shape index (κ2) is 10.9. The first-order valence-electron chi connectivity index (χ1n) is 11.9. The first kappa shape index (κ1) is 22.7. The molecule has 2 saturated heterocycles. The van der Waals surface area contributed by atoms with Crippen LogP contribution in [0.5, 0.6) is 11.5 Å². The van der Waals surface area contributed by atoms with Crippen molar-refractivity contribution in [3.8, 4) is 11.5 Å². The minimum absolute atomic E-state index is 0.136. The summed E-state index contributed by atoms with van der Waals surface area (Å²) in [6.07, 6.45) is 6.55. The number of carbonyl (C=O) groups excluding carboxylic acids is 1. The van der Waals surface area contributed by atoms with Crippen LogP contribution in [0.25, 0.3) is 0 Å². The molecule has 3 aliphatic rings. The van der Waals surface area contributed by atoms with E-state index in [0.717, 1.165) is 61.8 Å². The zero-order valence-corrected chi connectivity index (χ0v) is 19.3. The smallest absolute Gasteiger partial charge is 0.251 e. The Kier molecular flexibility index (Phi) is 7.73. The van der Waals surface area contributed by atoms with E-state index >= 15 is 0 Å². The van der Waals surface area contributed by atoms with Gasteiger partial charge in [-0.05, 0) is 50.7 Å². The molecule has 0 aromatic heterocycles. The molecule has 8 nitrogen and oxygen atoms in total. The lowest BCUT2D eigenvalue weighted by atomic mass is 10.1. The van der Waals surface area contributed by atoms with Crippen molar-refractivity contribution in [2.45, 2.75) is 57.3 Å². The highest BCUT2D eigenvalue weighted by Crippen LogP contribution is 2.30. The van der Waals surface area contributed by atoms with Crippen LogP contribution in [0.1, 0.15) is 44.1 Å². The number of hydrogen-bond acceptors (Lipinski definition) is 5. The number of aliphatic imine (C=N–C) groups is 1. The second-order valence-electron chi connectivity index (χ2n) is 8.71. The zero-order valence-electron chi connectivity index (χ0n) is 19.3. The summed E-state index contributed by atoms with van der Waals surface area (Å²) in [6.45, 7) is 4.22. The predicted molar refractivity (Wildman–Crippen MR) is 123 cm³/mol. The molecule has 2 aliphatic heterocycles. The number of benzene rings is 1. The zero-order chi connectivity index (χ0) is 22.3. The summed E-state index contributed by atoms with van der Waals surface area (Å²) in [6, 6.07) is 6.01. The molecular weight excluding hydrogens is 408 g/mol. The Bertz CT molecular complexity index is 795. The van der Waals surface area contributed by atoms with Gasteiger partial charge in [-0.3, -0.25) is 9.79 Å². The minimum Gasteiger partial charge on any atom is -0.497 e. The van der Waals surface area contributed by atoms with Gasteiger partial charge in [-0.15, -0.1) is 0 Å². The van der Waals surface area contributed by atoms with Crippen LogP contribution in [0.3, 0.4) is 0 Å². The van der Waals surface area contributed by atoms with Gasteiger partial charge in [0.25, 0.3) is 5.91 Å². The van der Waals surface area contributed by atoms with E-state index in [2.05, 4.69) is 21.3 Å². The van der Waals surface area contributed by atoms with E-state index in [9.17, 15) is 4.79 Å². The van der Waals surface area contributed by atoms with Gasteiger partial charge in [0.15, 0.2) is 5.96 Å². The van der Waals surface area contributed by atoms with Crippen molar-refractivity contribution in [3.63, 3.8) is 0 Å². The van der Waals surface area contributed by atoms with E-state index < -0.39 is 0 Å². The van der Waals surface area contributed by atoms with Crippen LogP contribution < -0.4 is 14.8 Å². The predicted octanol–water partition coefficient (Wildman–Crippen LogP) is 2.42. The fourth-order valence-electron chi connectivity index (χ4n) is 4.72. The molecule has 1 aromatic carbocycles. The topological polar surface area (TPSA) is 75.6 Å². The summed E-state index contributed by atoms with van der Waals surface area (Å²) >= 11 is 0. The molecule has 1 saturated carbocycles. The molecule has 1 unspecified atom stereocenters. The molecule has 0 radical (unpaired) electrons. The fourth-order valence-corrected chi connectivity index (χ4v) is 4.72. The Hall–Kier alpha value is -2.48. The number of nitrogens with zero attached hydrogens (tertiary/aromatic N) is 3. The van der Waals surface area contributed by atoms with E-state index in [0.29, 0.717) is 26.2 Å². The fraction of sp³-hybridized carbons (Fsp3) is 0.667. The standard InChI is InChI=1S/C24H36N4O4/c1-25-24(28-13-11-27(12-14-28)23(29)21-8-5-15-31-21)26-17-18-9-10-20(30-2)16-22(18)32-19-6-3-4-7-19/h9-10,16,19,21H,3-8,11-15,17H2,1-2H3,(H,25,26). The summed E-state index contributed by atoms with van der Waals surface area (Å²) in [5.41, 5.74) is 1.09. The van der Waals surface area contributed by atoms with Gasteiger partial charge in [-0.25, -0.2) is 0 Å². The lowest BCUT2D eigenvalue weighted by molar-refractivity contribution is -0.142. The molecule has 4 rings (SSSR count). The van der Waals surface area contributed by atoms with Crippen LogP contribution in [-0.4, -0.2) is 80.8 Å². The van der Waals surface area contributed by atoms with Gasteiger partial charge in [-0.2, -0.15) is 0 Å².